The maximum Gasteiger partial charge on any atom is 0.317 e. The molecule has 4 heteroatoms. The molecule has 0 aromatic heterocycles. The molecule has 27 heavy (non-hydrogen) atoms. The second kappa shape index (κ2) is 8.03. The van der Waals surface area contributed by atoms with Crippen LogP contribution >= 0.6 is 0 Å². The van der Waals surface area contributed by atoms with E-state index in [1.807, 2.05) is 11.0 Å². The van der Waals surface area contributed by atoms with Crippen molar-refractivity contribution in [2.45, 2.75) is 32.2 Å². The normalized spacial score (nSPS) is 18.7. The molecule has 1 aliphatic carbocycles. The second-order valence-corrected chi connectivity index (χ2v) is 7.84. The van der Waals surface area contributed by atoms with Gasteiger partial charge in [-0.1, -0.05) is 48.0 Å². The molecule has 1 unspecified atom stereocenters. The predicted molar refractivity (Wildman–Crippen MR) is 110 cm³/mol. The van der Waals surface area contributed by atoms with Crippen molar-refractivity contribution in [3.63, 3.8) is 0 Å². The van der Waals surface area contributed by atoms with Crippen LogP contribution in [0.25, 0.3) is 0 Å². The van der Waals surface area contributed by atoms with Gasteiger partial charge in [-0.15, -0.1) is 0 Å². The fraction of sp³-hybridized carbons (Fsp3) is 0.435. The number of hydrogen-bond donors (Lipinski definition) is 1. The number of urea groups is 1. The zero-order valence-electron chi connectivity index (χ0n) is 16.1. The first kappa shape index (κ1) is 17.9. The lowest BCUT2D eigenvalue weighted by Gasteiger charge is -2.26. The van der Waals surface area contributed by atoms with Gasteiger partial charge in [-0.25, -0.2) is 4.79 Å². The molecule has 0 radical (unpaired) electrons. The van der Waals surface area contributed by atoms with Crippen LogP contribution in [0.3, 0.4) is 0 Å². The molecule has 4 rings (SSSR count). The maximum absolute atomic E-state index is 13.0. The van der Waals surface area contributed by atoms with E-state index >= 15 is 0 Å². The Morgan fingerprint density at radius 2 is 1.70 bits per heavy atom. The molecular formula is C23H29N3O. The Morgan fingerprint density at radius 3 is 2.41 bits per heavy atom. The molecule has 2 amide bonds. The molecule has 0 spiro atoms. The average Bonchev–Trinajstić information content (AvgIpc) is 3.54. The third-order valence-corrected chi connectivity index (χ3v) is 5.71. The number of aryl methyl sites for hydroxylation is 1. The molecule has 1 atom stereocenters. The molecule has 2 aromatic carbocycles. The Balaban J connectivity index is 1.39. The van der Waals surface area contributed by atoms with Crippen LogP contribution in [0.1, 0.15) is 36.4 Å². The SMILES string of the molecule is Cc1ccc(C(NC(=O)N2CCCN(c3ccccc3)CC2)C2CC2)cc1. The summed E-state index contributed by atoms with van der Waals surface area (Å²) >= 11 is 0. The van der Waals surface area contributed by atoms with Crippen LogP contribution < -0.4 is 10.2 Å². The number of nitrogens with one attached hydrogen (secondary N) is 1. The van der Waals surface area contributed by atoms with Crippen LogP contribution in [0.2, 0.25) is 0 Å². The van der Waals surface area contributed by atoms with Gasteiger partial charge >= 0.3 is 6.03 Å². The topological polar surface area (TPSA) is 35.6 Å². The van der Waals surface area contributed by atoms with Crippen LogP contribution in [0.15, 0.2) is 54.6 Å². The third kappa shape index (κ3) is 4.44. The molecule has 1 heterocycles. The van der Waals surface area contributed by atoms with E-state index in [1.165, 1.54) is 29.7 Å². The summed E-state index contributed by atoms with van der Waals surface area (Å²) < 4.78 is 0. The molecule has 0 bridgehead atoms. The molecule has 2 aliphatic rings. The molecule has 2 fully saturated rings. The van der Waals surface area contributed by atoms with E-state index in [1.54, 1.807) is 0 Å². The van der Waals surface area contributed by atoms with Gasteiger partial charge in [0.25, 0.3) is 0 Å². The number of carbonyl (C=O) groups excluding carboxylic acids is 1. The van der Waals surface area contributed by atoms with Crippen molar-refractivity contribution in [1.29, 1.82) is 0 Å². The number of rotatable bonds is 4. The van der Waals surface area contributed by atoms with Gasteiger partial charge in [-0.2, -0.15) is 0 Å². The minimum atomic E-state index is 0.0855. The van der Waals surface area contributed by atoms with Crippen LogP contribution in [-0.2, 0) is 0 Å². The molecule has 4 nitrogen and oxygen atoms in total. The summed E-state index contributed by atoms with van der Waals surface area (Å²) in [5.41, 5.74) is 3.74. The summed E-state index contributed by atoms with van der Waals surface area (Å²) in [6.45, 7) is 5.57. The Bertz CT molecular complexity index is 755. The highest BCUT2D eigenvalue weighted by atomic mass is 16.2. The van der Waals surface area contributed by atoms with E-state index < -0.39 is 0 Å². The van der Waals surface area contributed by atoms with Crippen molar-refractivity contribution >= 4 is 11.7 Å². The molecule has 1 N–H and O–H groups in total. The lowest BCUT2D eigenvalue weighted by Crippen LogP contribution is -2.44. The number of nitrogens with zero attached hydrogens (tertiary/aromatic N) is 2. The van der Waals surface area contributed by atoms with E-state index in [0.717, 1.165) is 32.6 Å². The highest BCUT2D eigenvalue weighted by molar-refractivity contribution is 5.75. The molecular weight excluding hydrogens is 334 g/mol. The summed E-state index contributed by atoms with van der Waals surface area (Å²) in [5, 5.41) is 3.34. The van der Waals surface area contributed by atoms with E-state index in [4.69, 9.17) is 0 Å². The molecule has 2 aromatic rings. The van der Waals surface area contributed by atoms with Crippen LogP contribution in [0.5, 0.6) is 0 Å². The van der Waals surface area contributed by atoms with Crippen molar-refractivity contribution in [2.75, 3.05) is 31.1 Å². The average molecular weight is 364 g/mol. The van der Waals surface area contributed by atoms with Crippen LogP contribution in [-0.4, -0.2) is 37.1 Å². The summed E-state index contributed by atoms with van der Waals surface area (Å²) in [6.07, 6.45) is 3.42. The number of carbonyl (C=O) groups is 1. The Labute approximate surface area is 162 Å². The Kier molecular flexibility index (Phi) is 5.33. The van der Waals surface area contributed by atoms with E-state index in [2.05, 4.69) is 65.7 Å². The number of benzene rings is 2. The van der Waals surface area contributed by atoms with Gasteiger partial charge in [0.2, 0.25) is 0 Å². The van der Waals surface area contributed by atoms with Gasteiger partial charge in [0.15, 0.2) is 0 Å². The smallest absolute Gasteiger partial charge is 0.317 e. The fourth-order valence-corrected chi connectivity index (χ4v) is 3.92. The standard InChI is InChI=1S/C23H29N3O/c1-18-8-10-19(11-9-18)22(20-12-13-20)24-23(27)26-15-5-14-25(16-17-26)21-6-3-2-4-7-21/h2-4,6-11,20,22H,5,12-17H2,1H3,(H,24,27). The summed E-state index contributed by atoms with van der Waals surface area (Å²) in [7, 11) is 0. The first-order valence-corrected chi connectivity index (χ1v) is 10.1. The van der Waals surface area contributed by atoms with Gasteiger partial charge in [-0.3, -0.25) is 0 Å². The van der Waals surface area contributed by atoms with Gasteiger partial charge in [0.1, 0.15) is 0 Å². The van der Waals surface area contributed by atoms with Crippen molar-refractivity contribution in [2.24, 2.45) is 5.92 Å². The lowest BCUT2D eigenvalue weighted by atomic mass is 10.0. The molecule has 1 aliphatic heterocycles. The Hall–Kier alpha value is -2.49. The number of para-hydroxylation sites is 1. The van der Waals surface area contributed by atoms with E-state index in [-0.39, 0.29) is 12.1 Å². The second-order valence-electron chi connectivity index (χ2n) is 7.84. The highest BCUT2D eigenvalue weighted by Crippen LogP contribution is 2.41. The van der Waals surface area contributed by atoms with Crippen molar-refractivity contribution in [3.05, 3.63) is 65.7 Å². The zero-order valence-corrected chi connectivity index (χ0v) is 16.1. The molecule has 1 saturated carbocycles. The van der Waals surface area contributed by atoms with E-state index in [0.29, 0.717) is 5.92 Å². The first-order chi connectivity index (χ1) is 13.2. The third-order valence-electron chi connectivity index (χ3n) is 5.71. The van der Waals surface area contributed by atoms with Gasteiger partial charge in [0, 0.05) is 31.9 Å². The summed E-state index contributed by atoms with van der Waals surface area (Å²) in [6, 6.07) is 19.3. The van der Waals surface area contributed by atoms with Crippen LogP contribution in [0.4, 0.5) is 10.5 Å². The predicted octanol–water partition coefficient (Wildman–Crippen LogP) is 4.37. The molecule has 1 saturated heterocycles. The van der Waals surface area contributed by atoms with Gasteiger partial charge < -0.3 is 15.1 Å². The minimum absolute atomic E-state index is 0.0855. The highest BCUT2D eigenvalue weighted by Gasteiger charge is 2.34. The first-order valence-electron chi connectivity index (χ1n) is 10.1. The van der Waals surface area contributed by atoms with E-state index in [9.17, 15) is 4.79 Å². The molecule has 142 valence electrons. The number of hydrogen-bond acceptors (Lipinski definition) is 2. The van der Waals surface area contributed by atoms with Gasteiger partial charge in [0.05, 0.1) is 6.04 Å². The fourth-order valence-electron chi connectivity index (χ4n) is 3.92. The summed E-state index contributed by atoms with van der Waals surface area (Å²) in [4.78, 5) is 17.3. The van der Waals surface area contributed by atoms with Crippen LogP contribution in [0, 0.1) is 12.8 Å². The quantitative estimate of drug-likeness (QED) is 0.876. The number of amides is 2. The Morgan fingerprint density at radius 1 is 0.963 bits per heavy atom. The van der Waals surface area contributed by atoms with Crippen molar-refractivity contribution in [1.82, 2.24) is 10.2 Å². The lowest BCUT2D eigenvalue weighted by molar-refractivity contribution is 0.195. The van der Waals surface area contributed by atoms with Crippen molar-refractivity contribution in [3.8, 4) is 0 Å². The van der Waals surface area contributed by atoms with Crippen molar-refractivity contribution < 1.29 is 4.79 Å². The summed E-state index contributed by atoms with van der Waals surface area (Å²) in [5.74, 6) is 0.587. The zero-order chi connectivity index (χ0) is 18.6. The largest absolute Gasteiger partial charge is 0.370 e. The van der Waals surface area contributed by atoms with Gasteiger partial charge in [-0.05, 0) is 49.8 Å². The number of anilines is 1. The maximum atomic E-state index is 13.0. The monoisotopic (exact) mass is 363 g/mol. The minimum Gasteiger partial charge on any atom is -0.370 e.